The molecule has 0 saturated heterocycles. The number of ether oxygens (including phenoxy) is 2. The highest BCUT2D eigenvalue weighted by Gasteiger charge is 2.23. The number of hydrogen-bond donors (Lipinski definition) is 1. The van der Waals surface area contributed by atoms with Gasteiger partial charge in [-0.1, -0.05) is 6.92 Å². The largest absolute Gasteiger partial charge is 0.390 e. The molecule has 0 aliphatic heterocycles. The van der Waals surface area contributed by atoms with Gasteiger partial charge in [-0.25, -0.2) is 0 Å². The van der Waals surface area contributed by atoms with Crippen LogP contribution in [0.3, 0.4) is 0 Å². The standard InChI is InChI=1S/C11H23O3/c1-4-11(12,7-9-13-5-2)8-10-14-6-3/h12H,1,4-10H2,2-3H3. The minimum Gasteiger partial charge on any atom is -0.390 e. The maximum Gasteiger partial charge on any atom is 0.0691 e. The van der Waals surface area contributed by atoms with Gasteiger partial charge < -0.3 is 14.6 Å². The van der Waals surface area contributed by atoms with E-state index in [1.54, 1.807) is 0 Å². The lowest BCUT2D eigenvalue weighted by atomic mass is 9.93. The highest BCUT2D eigenvalue weighted by molar-refractivity contribution is 4.79. The molecule has 0 fully saturated rings. The highest BCUT2D eigenvalue weighted by Crippen LogP contribution is 2.19. The Bertz CT molecular complexity index is 116. The summed E-state index contributed by atoms with van der Waals surface area (Å²) in [5.74, 6) is 0. The Balaban J connectivity index is 3.67. The van der Waals surface area contributed by atoms with E-state index < -0.39 is 5.60 Å². The molecule has 3 nitrogen and oxygen atoms in total. The van der Waals surface area contributed by atoms with Gasteiger partial charge in [0, 0.05) is 26.4 Å². The van der Waals surface area contributed by atoms with Crippen molar-refractivity contribution in [2.24, 2.45) is 0 Å². The number of rotatable bonds is 9. The van der Waals surface area contributed by atoms with Crippen LogP contribution in [0.15, 0.2) is 0 Å². The SMILES string of the molecule is [CH2]CC(O)(CCOCC)CCOCC. The Morgan fingerprint density at radius 3 is 1.79 bits per heavy atom. The summed E-state index contributed by atoms with van der Waals surface area (Å²) in [6.45, 7) is 10.2. The van der Waals surface area contributed by atoms with E-state index in [9.17, 15) is 5.11 Å². The fourth-order valence-electron chi connectivity index (χ4n) is 1.19. The minimum absolute atomic E-state index is 0.507. The summed E-state index contributed by atoms with van der Waals surface area (Å²) in [5.41, 5.74) is -0.718. The first-order valence-corrected chi connectivity index (χ1v) is 5.35. The van der Waals surface area contributed by atoms with Gasteiger partial charge in [0.25, 0.3) is 0 Å². The predicted octanol–water partition coefficient (Wildman–Crippen LogP) is 1.79. The molecule has 0 amide bonds. The zero-order valence-electron chi connectivity index (χ0n) is 9.42. The first kappa shape index (κ1) is 13.9. The lowest BCUT2D eigenvalue weighted by Gasteiger charge is -2.26. The van der Waals surface area contributed by atoms with Crippen LogP contribution >= 0.6 is 0 Å². The Labute approximate surface area is 87.4 Å². The van der Waals surface area contributed by atoms with Gasteiger partial charge in [-0.15, -0.1) is 0 Å². The molecule has 0 atom stereocenters. The maximum absolute atomic E-state index is 10.1. The van der Waals surface area contributed by atoms with Gasteiger partial charge in [0.15, 0.2) is 0 Å². The Hall–Kier alpha value is -0.120. The van der Waals surface area contributed by atoms with Gasteiger partial charge in [-0.2, -0.15) is 0 Å². The van der Waals surface area contributed by atoms with E-state index in [1.165, 1.54) is 0 Å². The van der Waals surface area contributed by atoms with E-state index in [0.717, 1.165) is 0 Å². The van der Waals surface area contributed by atoms with Gasteiger partial charge in [-0.3, -0.25) is 0 Å². The van der Waals surface area contributed by atoms with Crippen LogP contribution in [0.25, 0.3) is 0 Å². The first-order chi connectivity index (χ1) is 6.68. The third-order valence-corrected chi connectivity index (χ3v) is 2.30. The molecule has 1 radical (unpaired) electrons. The normalized spacial score (nSPS) is 12.0. The van der Waals surface area contributed by atoms with Gasteiger partial charge in [0.2, 0.25) is 0 Å². The average molecular weight is 203 g/mol. The van der Waals surface area contributed by atoms with Crippen molar-refractivity contribution in [3.63, 3.8) is 0 Å². The Kier molecular flexibility index (Phi) is 8.14. The summed E-state index contributed by atoms with van der Waals surface area (Å²) in [5, 5.41) is 10.1. The van der Waals surface area contributed by atoms with Crippen LogP contribution in [-0.2, 0) is 9.47 Å². The number of hydrogen-bond acceptors (Lipinski definition) is 3. The van der Waals surface area contributed by atoms with Crippen molar-refractivity contribution >= 4 is 0 Å². The second kappa shape index (κ2) is 8.21. The molecule has 0 rings (SSSR count). The monoisotopic (exact) mass is 203 g/mol. The van der Waals surface area contributed by atoms with Gasteiger partial charge in [0.05, 0.1) is 5.60 Å². The molecule has 0 aliphatic rings. The van der Waals surface area contributed by atoms with Crippen molar-refractivity contribution in [1.29, 1.82) is 0 Å². The molecule has 0 spiro atoms. The van der Waals surface area contributed by atoms with E-state index in [2.05, 4.69) is 6.92 Å². The molecule has 3 heteroatoms. The molecular weight excluding hydrogens is 180 g/mol. The van der Waals surface area contributed by atoms with Crippen LogP contribution in [0.4, 0.5) is 0 Å². The van der Waals surface area contributed by atoms with Crippen molar-refractivity contribution in [2.75, 3.05) is 26.4 Å². The maximum atomic E-state index is 10.1. The van der Waals surface area contributed by atoms with Gasteiger partial charge in [0.1, 0.15) is 0 Å². The van der Waals surface area contributed by atoms with Crippen molar-refractivity contribution in [3.8, 4) is 0 Å². The third-order valence-electron chi connectivity index (χ3n) is 2.30. The average Bonchev–Trinajstić information content (AvgIpc) is 2.19. The topological polar surface area (TPSA) is 38.7 Å². The van der Waals surface area contributed by atoms with Gasteiger partial charge >= 0.3 is 0 Å². The summed E-state index contributed by atoms with van der Waals surface area (Å²) in [4.78, 5) is 0. The molecular formula is C11H23O3. The highest BCUT2D eigenvalue weighted by atomic mass is 16.5. The quantitative estimate of drug-likeness (QED) is 0.581. The molecule has 0 saturated carbocycles. The minimum atomic E-state index is -0.718. The predicted molar refractivity (Wildman–Crippen MR) is 57.1 cm³/mol. The molecule has 85 valence electrons. The Morgan fingerprint density at radius 1 is 1.07 bits per heavy atom. The molecule has 0 heterocycles. The van der Waals surface area contributed by atoms with Crippen LogP contribution in [0.1, 0.15) is 33.1 Å². The molecule has 0 aromatic heterocycles. The molecule has 0 unspecified atom stereocenters. The van der Waals surface area contributed by atoms with Crippen molar-refractivity contribution in [2.45, 2.75) is 38.7 Å². The molecule has 0 aromatic rings. The fourth-order valence-corrected chi connectivity index (χ4v) is 1.19. The molecule has 0 aromatic carbocycles. The van der Waals surface area contributed by atoms with Gasteiger partial charge in [-0.05, 0) is 33.1 Å². The summed E-state index contributed by atoms with van der Waals surface area (Å²) in [7, 11) is 0. The summed E-state index contributed by atoms with van der Waals surface area (Å²) in [6, 6.07) is 0. The first-order valence-electron chi connectivity index (χ1n) is 5.35. The van der Waals surface area contributed by atoms with E-state index >= 15 is 0 Å². The third kappa shape index (κ3) is 6.35. The van der Waals surface area contributed by atoms with E-state index in [4.69, 9.17) is 9.47 Å². The fraction of sp³-hybridized carbons (Fsp3) is 0.909. The van der Waals surface area contributed by atoms with Crippen molar-refractivity contribution < 1.29 is 14.6 Å². The zero-order chi connectivity index (χ0) is 10.9. The van der Waals surface area contributed by atoms with Crippen LogP contribution < -0.4 is 0 Å². The summed E-state index contributed by atoms with van der Waals surface area (Å²) >= 11 is 0. The van der Waals surface area contributed by atoms with Crippen molar-refractivity contribution in [3.05, 3.63) is 6.92 Å². The Morgan fingerprint density at radius 2 is 1.50 bits per heavy atom. The second-order valence-corrected chi connectivity index (χ2v) is 3.37. The second-order valence-electron chi connectivity index (χ2n) is 3.37. The van der Waals surface area contributed by atoms with E-state index in [1.807, 2.05) is 13.8 Å². The molecule has 1 N–H and O–H groups in total. The molecule has 0 bridgehead atoms. The lowest BCUT2D eigenvalue weighted by molar-refractivity contribution is -0.0232. The zero-order valence-corrected chi connectivity index (χ0v) is 9.42. The van der Waals surface area contributed by atoms with Crippen molar-refractivity contribution in [1.82, 2.24) is 0 Å². The van der Waals surface area contributed by atoms with E-state index in [-0.39, 0.29) is 0 Å². The molecule has 0 aliphatic carbocycles. The van der Waals surface area contributed by atoms with Crippen LogP contribution in [0.2, 0.25) is 0 Å². The van der Waals surface area contributed by atoms with Crippen LogP contribution in [0, 0.1) is 6.92 Å². The summed E-state index contributed by atoms with van der Waals surface area (Å²) < 4.78 is 10.4. The number of aliphatic hydroxyl groups is 1. The van der Waals surface area contributed by atoms with Crippen LogP contribution in [-0.4, -0.2) is 37.1 Å². The molecule has 14 heavy (non-hydrogen) atoms. The smallest absolute Gasteiger partial charge is 0.0691 e. The summed E-state index contributed by atoms with van der Waals surface area (Å²) in [6.07, 6.45) is 1.78. The van der Waals surface area contributed by atoms with E-state index in [0.29, 0.717) is 45.7 Å². The lowest BCUT2D eigenvalue weighted by Crippen LogP contribution is -2.31. The van der Waals surface area contributed by atoms with Crippen LogP contribution in [0.5, 0.6) is 0 Å².